The first-order valence-corrected chi connectivity index (χ1v) is 7.68. The Labute approximate surface area is 124 Å². The van der Waals surface area contributed by atoms with Crippen LogP contribution in [0.1, 0.15) is 31.2 Å². The molecule has 1 saturated carbocycles. The van der Waals surface area contributed by atoms with Crippen molar-refractivity contribution in [1.29, 1.82) is 0 Å². The van der Waals surface area contributed by atoms with Crippen molar-refractivity contribution >= 4 is 21.6 Å². The summed E-state index contributed by atoms with van der Waals surface area (Å²) >= 11 is 3.61. The van der Waals surface area contributed by atoms with Crippen LogP contribution in [0.5, 0.6) is 0 Å². The van der Waals surface area contributed by atoms with Crippen molar-refractivity contribution in [3.8, 4) is 0 Å². The van der Waals surface area contributed by atoms with Gasteiger partial charge in [0.1, 0.15) is 0 Å². The monoisotopic (exact) mass is 326 g/mol. The molecular weight excluding hydrogens is 304 g/mol. The van der Waals surface area contributed by atoms with Gasteiger partial charge in [0.2, 0.25) is 0 Å². The van der Waals surface area contributed by atoms with Crippen LogP contribution in [0, 0.1) is 6.92 Å². The van der Waals surface area contributed by atoms with E-state index < -0.39 is 0 Å². The quantitative estimate of drug-likeness (QED) is 0.890. The predicted octanol–water partition coefficient (Wildman–Crippen LogP) is 3.46. The first kappa shape index (κ1) is 14.8. The van der Waals surface area contributed by atoms with E-state index in [-0.39, 0.29) is 11.6 Å². The van der Waals surface area contributed by atoms with Gasteiger partial charge in [-0.3, -0.25) is 0 Å². The van der Waals surface area contributed by atoms with Crippen molar-refractivity contribution < 1.29 is 4.74 Å². The number of methoxy groups -OCH3 is 1. The second-order valence-electron chi connectivity index (χ2n) is 5.44. The molecule has 2 atom stereocenters. The van der Waals surface area contributed by atoms with E-state index in [1.807, 2.05) is 0 Å². The van der Waals surface area contributed by atoms with Gasteiger partial charge in [-0.25, -0.2) is 0 Å². The number of halogens is 1. The van der Waals surface area contributed by atoms with Gasteiger partial charge >= 0.3 is 0 Å². The topological polar surface area (TPSA) is 47.3 Å². The normalized spacial score (nSPS) is 27.3. The van der Waals surface area contributed by atoms with E-state index in [2.05, 4.69) is 46.4 Å². The average molecular weight is 327 g/mol. The number of hydrogen-bond acceptors (Lipinski definition) is 3. The Hall–Kier alpha value is -0.580. The van der Waals surface area contributed by atoms with Crippen molar-refractivity contribution in [3.63, 3.8) is 0 Å². The third-order valence-corrected chi connectivity index (χ3v) is 4.80. The van der Waals surface area contributed by atoms with Crippen molar-refractivity contribution in [2.45, 2.75) is 44.2 Å². The summed E-state index contributed by atoms with van der Waals surface area (Å²) in [6, 6.07) is 6.33. The molecule has 106 valence electrons. The van der Waals surface area contributed by atoms with Gasteiger partial charge < -0.3 is 15.8 Å². The summed E-state index contributed by atoms with van der Waals surface area (Å²) in [5, 5.41) is 3.66. The Morgan fingerprint density at radius 1 is 1.47 bits per heavy atom. The van der Waals surface area contributed by atoms with Gasteiger partial charge in [-0.15, -0.1) is 0 Å². The van der Waals surface area contributed by atoms with Crippen LogP contribution < -0.4 is 11.1 Å². The molecular formula is C15H23BrN2O. The fraction of sp³-hybridized carbons (Fsp3) is 0.600. The Balaban J connectivity index is 2.28. The van der Waals surface area contributed by atoms with E-state index >= 15 is 0 Å². The first-order chi connectivity index (χ1) is 9.11. The number of anilines is 1. The molecule has 2 unspecified atom stereocenters. The molecule has 0 bridgehead atoms. The van der Waals surface area contributed by atoms with Gasteiger partial charge in [0.05, 0.1) is 11.6 Å². The standard InChI is InChI=1S/C15H23BrN2O/c1-11-6-7-12(16)13(9-11)18-15(10-17)8-4-3-5-14(15)19-2/h6-7,9,14,18H,3-5,8,10,17H2,1-2H3. The van der Waals surface area contributed by atoms with Gasteiger partial charge in [0.15, 0.2) is 0 Å². The Bertz CT molecular complexity index is 438. The lowest BCUT2D eigenvalue weighted by Crippen LogP contribution is -2.57. The fourth-order valence-electron chi connectivity index (χ4n) is 2.98. The van der Waals surface area contributed by atoms with E-state index in [1.165, 1.54) is 18.4 Å². The number of hydrogen-bond donors (Lipinski definition) is 2. The molecule has 19 heavy (non-hydrogen) atoms. The molecule has 0 aromatic heterocycles. The number of rotatable bonds is 4. The zero-order valence-electron chi connectivity index (χ0n) is 11.7. The highest BCUT2D eigenvalue weighted by atomic mass is 79.9. The molecule has 1 aliphatic carbocycles. The SMILES string of the molecule is COC1CCCCC1(CN)Nc1cc(C)ccc1Br. The molecule has 1 aromatic rings. The van der Waals surface area contributed by atoms with E-state index in [9.17, 15) is 0 Å². The lowest BCUT2D eigenvalue weighted by atomic mass is 9.78. The van der Waals surface area contributed by atoms with E-state index in [1.54, 1.807) is 7.11 Å². The molecule has 3 N–H and O–H groups in total. The van der Waals surface area contributed by atoms with Gasteiger partial charge in [-0.1, -0.05) is 18.9 Å². The van der Waals surface area contributed by atoms with Crippen LogP contribution in [0.2, 0.25) is 0 Å². The molecule has 1 aliphatic rings. The Morgan fingerprint density at radius 2 is 2.26 bits per heavy atom. The van der Waals surface area contributed by atoms with Crippen LogP contribution in [0.15, 0.2) is 22.7 Å². The second-order valence-corrected chi connectivity index (χ2v) is 6.29. The molecule has 0 aliphatic heterocycles. The summed E-state index contributed by atoms with van der Waals surface area (Å²) in [5.74, 6) is 0. The summed E-state index contributed by atoms with van der Waals surface area (Å²) < 4.78 is 6.76. The molecule has 1 aromatic carbocycles. The van der Waals surface area contributed by atoms with Gasteiger partial charge in [-0.2, -0.15) is 0 Å². The average Bonchev–Trinajstić information content (AvgIpc) is 2.43. The molecule has 1 fully saturated rings. The zero-order valence-corrected chi connectivity index (χ0v) is 13.3. The largest absolute Gasteiger partial charge is 0.379 e. The van der Waals surface area contributed by atoms with Crippen molar-refractivity contribution in [2.75, 3.05) is 19.0 Å². The minimum Gasteiger partial charge on any atom is -0.379 e. The number of benzene rings is 1. The third-order valence-electron chi connectivity index (χ3n) is 4.11. The van der Waals surface area contributed by atoms with Crippen LogP contribution in [-0.2, 0) is 4.74 Å². The maximum atomic E-state index is 6.08. The van der Waals surface area contributed by atoms with Crippen LogP contribution in [0.25, 0.3) is 0 Å². The van der Waals surface area contributed by atoms with E-state index in [0.717, 1.165) is 23.0 Å². The van der Waals surface area contributed by atoms with Crippen LogP contribution in [0.3, 0.4) is 0 Å². The zero-order chi connectivity index (χ0) is 13.9. The van der Waals surface area contributed by atoms with E-state index in [4.69, 9.17) is 10.5 Å². The molecule has 0 heterocycles. The second kappa shape index (κ2) is 6.25. The summed E-state index contributed by atoms with van der Waals surface area (Å²) in [5.41, 5.74) is 8.28. The molecule has 0 saturated heterocycles. The molecule has 3 nitrogen and oxygen atoms in total. The highest BCUT2D eigenvalue weighted by Crippen LogP contribution is 2.35. The van der Waals surface area contributed by atoms with Crippen molar-refractivity contribution in [1.82, 2.24) is 0 Å². The Kier molecular flexibility index (Phi) is 4.87. The summed E-state index contributed by atoms with van der Waals surface area (Å²) in [7, 11) is 1.79. The van der Waals surface area contributed by atoms with Crippen molar-refractivity contribution in [2.24, 2.45) is 5.73 Å². The minimum absolute atomic E-state index is 0.149. The van der Waals surface area contributed by atoms with Crippen molar-refractivity contribution in [3.05, 3.63) is 28.2 Å². The molecule has 0 amide bonds. The maximum absolute atomic E-state index is 6.08. The molecule has 0 radical (unpaired) electrons. The highest BCUT2D eigenvalue weighted by Gasteiger charge is 2.40. The molecule has 4 heteroatoms. The number of nitrogens with two attached hydrogens (primary N) is 1. The lowest BCUT2D eigenvalue weighted by molar-refractivity contribution is 0.0190. The predicted molar refractivity (Wildman–Crippen MR) is 83.6 cm³/mol. The maximum Gasteiger partial charge on any atom is 0.0813 e. The molecule has 2 rings (SSSR count). The summed E-state index contributed by atoms with van der Waals surface area (Å²) in [6.45, 7) is 2.69. The van der Waals surface area contributed by atoms with Gasteiger partial charge in [0, 0.05) is 23.8 Å². The third kappa shape index (κ3) is 3.12. The van der Waals surface area contributed by atoms with Crippen LogP contribution >= 0.6 is 15.9 Å². The van der Waals surface area contributed by atoms with E-state index in [0.29, 0.717) is 6.54 Å². The van der Waals surface area contributed by atoms with Gasteiger partial charge in [0.25, 0.3) is 0 Å². The summed E-state index contributed by atoms with van der Waals surface area (Å²) in [4.78, 5) is 0. The molecule has 0 spiro atoms. The minimum atomic E-state index is -0.149. The van der Waals surface area contributed by atoms with Crippen LogP contribution in [-0.4, -0.2) is 25.3 Å². The highest BCUT2D eigenvalue weighted by molar-refractivity contribution is 9.10. The van der Waals surface area contributed by atoms with Gasteiger partial charge in [-0.05, 0) is 53.4 Å². The number of ether oxygens (including phenoxy) is 1. The number of nitrogens with one attached hydrogen (secondary N) is 1. The number of aryl methyl sites for hydroxylation is 1. The summed E-state index contributed by atoms with van der Waals surface area (Å²) in [6.07, 6.45) is 4.73. The fourth-order valence-corrected chi connectivity index (χ4v) is 3.33. The first-order valence-electron chi connectivity index (χ1n) is 6.88. The Morgan fingerprint density at radius 3 is 2.95 bits per heavy atom. The van der Waals surface area contributed by atoms with Crippen LogP contribution in [0.4, 0.5) is 5.69 Å². The lowest BCUT2D eigenvalue weighted by Gasteiger charge is -2.44. The smallest absolute Gasteiger partial charge is 0.0813 e.